The van der Waals surface area contributed by atoms with E-state index in [1.807, 2.05) is 0 Å². The van der Waals surface area contributed by atoms with Gasteiger partial charge in [0.2, 0.25) is 0 Å². The van der Waals surface area contributed by atoms with Crippen molar-refractivity contribution in [1.82, 2.24) is 10.2 Å². The summed E-state index contributed by atoms with van der Waals surface area (Å²) in [7, 11) is 0. The molecule has 152 valence electrons. The molecule has 2 aliphatic heterocycles. The van der Waals surface area contributed by atoms with Crippen molar-refractivity contribution >= 4 is 10.8 Å². The van der Waals surface area contributed by atoms with E-state index in [0.717, 1.165) is 26.1 Å². The zero-order chi connectivity index (χ0) is 19.0. The Hall–Kier alpha value is -1.42. The first kappa shape index (κ1) is 19.9. The molecule has 0 spiro atoms. The molecule has 1 N–H and O–H groups in total. The molecule has 2 unspecified atom stereocenters. The summed E-state index contributed by atoms with van der Waals surface area (Å²) in [5, 5.41) is 6.55. The molecule has 0 aliphatic carbocycles. The Balaban J connectivity index is 1.35. The summed E-state index contributed by atoms with van der Waals surface area (Å²) in [5.74, 6) is 0.635. The van der Waals surface area contributed by atoms with Crippen LogP contribution in [0.2, 0.25) is 0 Å². The van der Waals surface area contributed by atoms with Gasteiger partial charge in [0.15, 0.2) is 0 Å². The third-order valence-corrected chi connectivity index (χ3v) is 6.50. The van der Waals surface area contributed by atoms with Gasteiger partial charge >= 0.3 is 0 Å². The molecule has 0 aromatic heterocycles. The molecule has 0 bridgehead atoms. The summed E-state index contributed by atoms with van der Waals surface area (Å²) in [6.07, 6.45) is 9.42. The topological polar surface area (TPSA) is 24.5 Å². The molecule has 3 nitrogen and oxygen atoms in total. The molecule has 2 atom stereocenters. The van der Waals surface area contributed by atoms with Gasteiger partial charge in [-0.2, -0.15) is 0 Å². The fourth-order valence-corrected chi connectivity index (χ4v) is 4.95. The van der Waals surface area contributed by atoms with Crippen LogP contribution in [0.25, 0.3) is 10.8 Å². The molecule has 0 amide bonds. The minimum absolute atomic E-state index is 0.462. The van der Waals surface area contributed by atoms with Gasteiger partial charge < -0.3 is 15.0 Å². The molecule has 3 heteroatoms. The van der Waals surface area contributed by atoms with Crippen molar-refractivity contribution in [3.05, 3.63) is 48.0 Å². The van der Waals surface area contributed by atoms with Gasteiger partial charge in [-0.25, -0.2) is 0 Å². The van der Waals surface area contributed by atoms with Crippen molar-refractivity contribution < 1.29 is 4.74 Å². The number of hydrogen-bond donors (Lipinski definition) is 1. The SMILES string of the molecule is c1ccc2c(CC(CNCCN3CCCCC3)CC3CCCO3)cccc2c1. The minimum atomic E-state index is 0.462. The van der Waals surface area contributed by atoms with Crippen LogP contribution in [0, 0.1) is 5.92 Å². The lowest BCUT2D eigenvalue weighted by atomic mass is 9.90. The van der Waals surface area contributed by atoms with Crippen molar-refractivity contribution in [3.63, 3.8) is 0 Å². The van der Waals surface area contributed by atoms with Gasteiger partial charge in [0.25, 0.3) is 0 Å². The van der Waals surface area contributed by atoms with Crippen molar-refractivity contribution in [2.45, 2.75) is 51.0 Å². The Bertz CT molecular complexity index is 714. The summed E-state index contributed by atoms with van der Waals surface area (Å²) in [5.41, 5.74) is 1.49. The van der Waals surface area contributed by atoms with E-state index in [-0.39, 0.29) is 0 Å². The summed E-state index contributed by atoms with van der Waals surface area (Å²) >= 11 is 0. The third-order valence-electron chi connectivity index (χ3n) is 6.50. The number of nitrogens with one attached hydrogen (secondary N) is 1. The largest absolute Gasteiger partial charge is 0.378 e. The van der Waals surface area contributed by atoms with Gasteiger partial charge in [-0.1, -0.05) is 48.9 Å². The lowest BCUT2D eigenvalue weighted by molar-refractivity contribution is 0.0891. The van der Waals surface area contributed by atoms with Gasteiger partial charge in [0.05, 0.1) is 6.10 Å². The quantitative estimate of drug-likeness (QED) is 0.641. The lowest BCUT2D eigenvalue weighted by Crippen LogP contribution is -2.37. The summed E-state index contributed by atoms with van der Waals surface area (Å²) in [6.45, 7) is 6.93. The molecule has 0 saturated carbocycles. The first-order valence-corrected chi connectivity index (χ1v) is 11.4. The molecule has 0 radical (unpaired) electrons. The number of hydrogen-bond acceptors (Lipinski definition) is 3. The number of benzene rings is 2. The Morgan fingerprint density at radius 3 is 2.71 bits per heavy atom. The normalized spacial score (nSPS) is 21.9. The number of likely N-dealkylation sites (tertiary alicyclic amines) is 1. The van der Waals surface area contributed by atoms with Crippen molar-refractivity contribution in [2.24, 2.45) is 5.92 Å². The first-order valence-electron chi connectivity index (χ1n) is 11.4. The second kappa shape index (κ2) is 10.4. The minimum Gasteiger partial charge on any atom is -0.378 e. The van der Waals surface area contributed by atoms with Crippen LogP contribution in [-0.4, -0.2) is 50.3 Å². The smallest absolute Gasteiger partial charge is 0.0579 e. The van der Waals surface area contributed by atoms with Crippen LogP contribution >= 0.6 is 0 Å². The fraction of sp³-hybridized carbons (Fsp3) is 0.600. The van der Waals surface area contributed by atoms with Crippen molar-refractivity contribution in [3.8, 4) is 0 Å². The van der Waals surface area contributed by atoms with Crippen LogP contribution in [0.3, 0.4) is 0 Å². The van der Waals surface area contributed by atoms with Crippen LogP contribution in [0.5, 0.6) is 0 Å². The van der Waals surface area contributed by atoms with Gasteiger partial charge in [-0.15, -0.1) is 0 Å². The standard InChI is InChI=1S/C25H36N2O/c1-4-14-27(15-5-1)16-13-26-20-21(19-24-11-7-17-28-24)18-23-10-6-9-22-8-2-3-12-25(22)23/h2-3,6,8-10,12,21,24,26H,1,4-5,7,11,13-20H2. The molecule has 2 saturated heterocycles. The van der Waals surface area contributed by atoms with E-state index in [2.05, 4.69) is 52.7 Å². The van der Waals surface area contributed by atoms with Crippen LogP contribution in [-0.2, 0) is 11.2 Å². The highest BCUT2D eigenvalue weighted by atomic mass is 16.5. The predicted molar refractivity (Wildman–Crippen MR) is 118 cm³/mol. The number of nitrogens with zero attached hydrogens (tertiary/aromatic N) is 1. The average Bonchev–Trinajstić information content (AvgIpc) is 3.25. The van der Waals surface area contributed by atoms with Gasteiger partial charge in [0, 0.05) is 19.7 Å². The zero-order valence-electron chi connectivity index (χ0n) is 17.2. The van der Waals surface area contributed by atoms with E-state index in [1.165, 1.54) is 74.5 Å². The Morgan fingerprint density at radius 2 is 1.86 bits per heavy atom. The van der Waals surface area contributed by atoms with E-state index < -0.39 is 0 Å². The van der Waals surface area contributed by atoms with E-state index in [0.29, 0.717) is 12.0 Å². The molecule has 2 fully saturated rings. The number of ether oxygens (including phenoxy) is 1. The van der Waals surface area contributed by atoms with E-state index in [4.69, 9.17) is 4.74 Å². The molecule has 2 aliphatic rings. The molecule has 4 rings (SSSR count). The average molecular weight is 381 g/mol. The second-order valence-corrected chi connectivity index (χ2v) is 8.69. The third kappa shape index (κ3) is 5.56. The highest BCUT2D eigenvalue weighted by Crippen LogP contribution is 2.26. The van der Waals surface area contributed by atoms with Crippen molar-refractivity contribution in [2.75, 3.05) is 39.3 Å². The lowest BCUT2D eigenvalue weighted by Gasteiger charge is -2.27. The van der Waals surface area contributed by atoms with E-state index >= 15 is 0 Å². The van der Waals surface area contributed by atoms with Gasteiger partial charge in [0.1, 0.15) is 0 Å². The zero-order valence-corrected chi connectivity index (χ0v) is 17.2. The number of piperidine rings is 1. The number of fused-ring (bicyclic) bond motifs is 1. The molecule has 28 heavy (non-hydrogen) atoms. The Morgan fingerprint density at radius 1 is 1.00 bits per heavy atom. The van der Waals surface area contributed by atoms with Crippen LogP contribution < -0.4 is 5.32 Å². The molecule has 2 aromatic carbocycles. The monoisotopic (exact) mass is 380 g/mol. The maximum atomic E-state index is 5.97. The van der Waals surface area contributed by atoms with Crippen molar-refractivity contribution in [1.29, 1.82) is 0 Å². The maximum absolute atomic E-state index is 5.97. The molecule has 2 aromatic rings. The summed E-state index contributed by atoms with van der Waals surface area (Å²) < 4.78 is 5.97. The van der Waals surface area contributed by atoms with Gasteiger partial charge in [-0.3, -0.25) is 0 Å². The van der Waals surface area contributed by atoms with Crippen LogP contribution in [0.15, 0.2) is 42.5 Å². The Labute approximate surface area is 170 Å². The summed E-state index contributed by atoms with van der Waals surface area (Å²) in [6, 6.07) is 15.6. The van der Waals surface area contributed by atoms with E-state index in [1.54, 1.807) is 0 Å². The van der Waals surface area contributed by atoms with Crippen LogP contribution in [0.4, 0.5) is 0 Å². The van der Waals surface area contributed by atoms with Gasteiger partial charge in [-0.05, 0) is 80.4 Å². The number of rotatable bonds is 9. The first-order chi connectivity index (χ1) is 13.9. The highest BCUT2D eigenvalue weighted by molar-refractivity contribution is 5.85. The second-order valence-electron chi connectivity index (χ2n) is 8.69. The van der Waals surface area contributed by atoms with E-state index in [9.17, 15) is 0 Å². The Kier molecular flexibility index (Phi) is 7.37. The molecular weight excluding hydrogens is 344 g/mol. The van der Waals surface area contributed by atoms with Crippen LogP contribution in [0.1, 0.15) is 44.1 Å². The molecular formula is C25H36N2O. The highest BCUT2D eigenvalue weighted by Gasteiger charge is 2.21. The molecule has 2 heterocycles. The summed E-state index contributed by atoms with van der Waals surface area (Å²) in [4.78, 5) is 2.62. The fourth-order valence-electron chi connectivity index (χ4n) is 4.95. The maximum Gasteiger partial charge on any atom is 0.0579 e. The predicted octanol–water partition coefficient (Wildman–Crippen LogP) is 4.64.